The van der Waals surface area contributed by atoms with E-state index in [2.05, 4.69) is 14.7 Å². The Morgan fingerprint density at radius 3 is 2.76 bits per heavy atom. The number of esters is 1. The number of carbonyl (C=O) groups is 1. The van der Waals surface area contributed by atoms with Crippen molar-refractivity contribution >= 4 is 23.3 Å². The molecule has 0 spiro atoms. The molecule has 0 saturated carbocycles. The van der Waals surface area contributed by atoms with Crippen LogP contribution in [0.5, 0.6) is 11.6 Å². The van der Waals surface area contributed by atoms with Crippen LogP contribution < -0.4 is 4.74 Å². The Hall–Kier alpha value is -2.74. The summed E-state index contributed by atoms with van der Waals surface area (Å²) in [5.41, 5.74) is -0.252. The van der Waals surface area contributed by atoms with Gasteiger partial charge in [-0.2, -0.15) is 0 Å². The molecule has 8 nitrogen and oxygen atoms in total. The molecule has 0 amide bonds. The Morgan fingerprint density at radius 2 is 2.10 bits per heavy atom. The maximum absolute atomic E-state index is 11.4. The van der Waals surface area contributed by atoms with Gasteiger partial charge in [-0.3, -0.25) is 15.1 Å². The average Bonchev–Trinajstić information content (AvgIpc) is 2.48. The van der Waals surface area contributed by atoms with Crippen molar-refractivity contribution < 1.29 is 19.2 Å². The molecule has 21 heavy (non-hydrogen) atoms. The van der Waals surface area contributed by atoms with E-state index in [1.54, 1.807) is 0 Å². The fourth-order valence-corrected chi connectivity index (χ4v) is 1.59. The van der Waals surface area contributed by atoms with Gasteiger partial charge in [-0.05, 0) is 6.07 Å². The minimum absolute atomic E-state index is 0.107. The Labute approximate surface area is 123 Å². The second-order valence-corrected chi connectivity index (χ2v) is 4.17. The van der Waals surface area contributed by atoms with Gasteiger partial charge in [0.15, 0.2) is 0 Å². The fraction of sp³-hybridized carbons (Fsp3) is 0.0833. The molecule has 0 bridgehead atoms. The summed E-state index contributed by atoms with van der Waals surface area (Å²) in [4.78, 5) is 29.2. The lowest BCUT2D eigenvalue weighted by Gasteiger charge is -2.06. The van der Waals surface area contributed by atoms with E-state index in [1.807, 2.05) is 0 Å². The van der Waals surface area contributed by atoms with Gasteiger partial charge in [0.1, 0.15) is 5.75 Å². The van der Waals surface area contributed by atoms with Gasteiger partial charge in [0.25, 0.3) is 5.88 Å². The van der Waals surface area contributed by atoms with E-state index < -0.39 is 16.6 Å². The van der Waals surface area contributed by atoms with Gasteiger partial charge in [0, 0.05) is 12.3 Å². The van der Waals surface area contributed by atoms with Crippen molar-refractivity contribution in [3.05, 3.63) is 51.4 Å². The van der Waals surface area contributed by atoms with Crippen LogP contribution in [0, 0.1) is 10.1 Å². The van der Waals surface area contributed by atoms with E-state index in [-0.39, 0.29) is 22.2 Å². The van der Waals surface area contributed by atoms with E-state index in [1.165, 1.54) is 31.8 Å². The summed E-state index contributed by atoms with van der Waals surface area (Å²) in [6, 6.07) is 2.44. The third-order valence-corrected chi connectivity index (χ3v) is 2.55. The molecule has 0 saturated heterocycles. The Bertz CT molecular complexity index is 707. The molecule has 0 unspecified atom stereocenters. The highest BCUT2D eigenvalue weighted by Crippen LogP contribution is 2.31. The zero-order valence-electron chi connectivity index (χ0n) is 10.6. The maximum Gasteiger partial charge on any atom is 0.339 e. The lowest BCUT2D eigenvalue weighted by atomic mass is 10.3. The largest absolute Gasteiger partial charge is 0.465 e. The Balaban J connectivity index is 2.34. The van der Waals surface area contributed by atoms with Crippen molar-refractivity contribution in [3.63, 3.8) is 0 Å². The van der Waals surface area contributed by atoms with Gasteiger partial charge in [-0.1, -0.05) is 11.6 Å². The fourth-order valence-electron chi connectivity index (χ4n) is 1.44. The van der Waals surface area contributed by atoms with Crippen molar-refractivity contribution in [2.24, 2.45) is 0 Å². The van der Waals surface area contributed by atoms with Gasteiger partial charge in [0.05, 0.1) is 35.0 Å². The Morgan fingerprint density at radius 1 is 1.33 bits per heavy atom. The van der Waals surface area contributed by atoms with Gasteiger partial charge in [0.2, 0.25) is 0 Å². The zero-order valence-corrected chi connectivity index (χ0v) is 11.4. The van der Waals surface area contributed by atoms with Crippen molar-refractivity contribution in [3.8, 4) is 11.6 Å². The summed E-state index contributed by atoms with van der Waals surface area (Å²) in [6.07, 6.45) is 3.77. The quantitative estimate of drug-likeness (QED) is 0.485. The predicted molar refractivity (Wildman–Crippen MR) is 71.6 cm³/mol. The highest BCUT2D eigenvalue weighted by Gasteiger charge is 2.19. The van der Waals surface area contributed by atoms with E-state index in [4.69, 9.17) is 16.3 Å². The molecule has 2 heterocycles. The first kappa shape index (κ1) is 14.7. The van der Waals surface area contributed by atoms with Crippen molar-refractivity contribution in [2.45, 2.75) is 0 Å². The van der Waals surface area contributed by atoms with Gasteiger partial charge < -0.3 is 9.47 Å². The average molecular weight is 310 g/mol. The summed E-state index contributed by atoms with van der Waals surface area (Å²) in [5, 5.41) is 11.0. The minimum atomic E-state index is -0.675. The number of methoxy groups -OCH3 is 1. The first-order chi connectivity index (χ1) is 10.0. The van der Waals surface area contributed by atoms with Crippen molar-refractivity contribution in [2.75, 3.05) is 7.11 Å². The topological polar surface area (TPSA) is 104 Å². The number of carbonyl (C=O) groups excluding carboxylic acids is 1. The van der Waals surface area contributed by atoms with E-state index in [0.29, 0.717) is 0 Å². The highest BCUT2D eigenvalue weighted by molar-refractivity contribution is 6.30. The normalized spacial score (nSPS) is 10.0. The zero-order chi connectivity index (χ0) is 15.4. The number of halogens is 1. The molecule has 0 N–H and O–H groups in total. The van der Waals surface area contributed by atoms with Crippen LogP contribution in [0.15, 0.2) is 30.7 Å². The summed E-state index contributed by atoms with van der Waals surface area (Å²) < 4.78 is 9.82. The lowest BCUT2D eigenvalue weighted by Crippen LogP contribution is -2.02. The molecule has 0 atom stereocenters. The number of aromatic nitrogens is 2. The number of pyridine rings is 2. The molecule has 2 aromatic heterocycles. The molecule has 0 aliphatic carbocycles. The summed E-state index contributed by atoms with van der Waals surface area (Å²) in [5.74, 6) is -0.754. The number of ether oxygens (including phenoxy) is 2. The number of nitro groups is 1. The molecule has 0 aromatic carbocycles. The smallest absolute Gasteiger partial charge is 0.339 e. The van der Waals surface area contributed by atoms with Gasteiger partial charge in [-0.25, -0.2) is 9.78 Å². The van der Waals surface area contributed by atoms with Crippen LogP contribution in [0.4, 0.5) is 5.69 Å². The third kappa shape index (κ3) is 3.42. The van der Waals surface area contributed by atoms with E-state index >= 15 is 0 Å². The second kappa shape index (κ2) is 6.14. The van der Waals surface area contributed by atoms with E-state index in [9.17, 15) is 14.9 Å². The molecule has 9 heteroatoms. The molecule has 0 aliphatic rings. The summed E-state index contributed by atoms with van der Waals surface area (Å²) >= 11 is 5.65. The molecular formula is C12H8ClN3O5. The second-order valence-electron chi connectivity index (χ2n) is 3.74. The first-order valence-corrected chi connectivity index (χ1v) is 5.90. The number of hydrogen-bond donors (Lipinski definition) is 0. The SMILES string of the molecule is COC(=O)c1cncc(Oc2ncc(Cl)cc2[N+](=O)[O-])c1. The number of rotatable bonds is 4. The van der Waals surface area contributed by atoms with Crippen LogP contribution >= 0.6 is 11.6 Å². The standard InChI is InChI=1S/C12H8ClN3O5/c1-20-12(17)7-2-9(6-14-4-7)21-11-10(16(18)19)3-8(13)5-15-11/h2-6H,1H3. The summed E-state index contributed by atoms with van der Waals surface area (Å²) in [7, 11) is 1.22. The molecule has 2 rings (SSSR count). The molecule has 0 fully saturated rings. The molecule has 108 valence electrons. The highest BCUT2D eigenvalue weighted by atomic mass is 35.5. The van der Waals surface area contributed by atoms with Gasteiger partial charge in [-0.15, -0.1) is 0 Å². The van der Waals surface area contributed by atoms with Gasteiger partial charge >= 0.3 is 11.7 Å². The lowest BCUT2D eigenvalue weighted by molar-refractivity contribution is -0.386. The minimum Gasteiger partial charge on any atom is -0.465 e. The van der Waals surface area contributed by atoms with Crippen molar-refractivity contribution in [1.29, 1.82) is 0 Å². The maximum atomic E-state index is 11.4. The Kier molecular flexibility index (Phi) is 4.29. The third-order valence-electron chi connectivity index (χ3n) is 2.34. The first-order valence-electron chi connectivity index (χ1n) is 5.52. The monoisotopic (exact) mass is 309 g/mol. The van der Waals surface area contributed by atoms with Crippen LogP contribution in [0.3, 0.4) is 0 Å². The van der Waals surface area contributed by atoms with Crippen LogP contribution in [0.25, 0.3) is 0 Å². The molecule has 2 aromatic rings. The predicted octanol–water partition coefficient (Wildman–Crippen LogP) is 2.62. The van der Waals surface area contributed by atoms with E-state index in [0.717, 1.165) is 6.07 Å². The number of nitrogens with zero attached hydrogens (tertiary/aromatic N) is 3. The van der Waals surface area contributed by atoms with Crippen molar-refractivity contribution in [1.82, 2.24) is 9.97 Å². The van der Waals surface area contributed by atoms with Crippen LogP contribution in [0.1, 0.15) is 10.4 Å². The van der Waals surface area contributed by atoms with Crippen LogP contribution in [-0.2, 0) is 4.74 Å². The van der Waals surface area contributed by atoms with Crippen LogP contribution in [-0.4, -0.2) is 28.0 Å². The molecule has 0 aliphatic heterocycles. The summed E-state index contributed by atoms with van der Waals surface area (Å²) in [6.45, 7) is 0. The number of hydrogen-bond acceptors (Lipinski definition) is 7. The van der Waals surface area contributed by atoms with Crippen LogP contribution in [0.2, 0.25) is 5.02 Å². The molecular weight excluding hydrogens is 302 g/mol. The molecule has 0 radical (unpaired) electrons.